The second-order valence-electron chi connectivity index (χ2n) is 22.2. The van der Waals surface area contributed by atoms with Crippen molar-refractivity contribution in [2.75, 3.05) is 12.4 Å². The van der Waals surface area contributed by atoms with Crippen molar-refractivity contribution < 1.29 is 77.0 Å². The average Bonchev–Trinajstić information content (AvgIpc) is 3.88. The maximum absolute atomic E-state index is 15.2. The van der Waals surface area contributed by atoms with E-state index >= 15 is 14.4 Å². The molecule has 5 N–H and O–H groups in total. The number of urea groups is 1. The van der Waals surface area contributed by atoms with E-state index in [2.05, 4.69) is 16.0 Å². The second-order valence-corrected chi connectivity index (χ2v) is 23.5. The van der Waals surface area contributed by atoms with Gasteiger partial charge in [-0.3, -0.25) is 19.2 Å². The van der Waals surface area contributed by atoms with E-state index in [1.165, 1.54) is 19.1 Å². The summed E-state index contributed by atoms with van der Waals surface area (Å²) in [5.74, 6) is -9.21. The van der Waals surface area contributed by atoms with Gasteiger partial charge >= 0.3 is 36.0 Å². The van der Waals surface area contributed by atoms with Crippen LogP contribution in [-0.2, 0) is 52.4 Å². The lowest BCUT2D eigenvalue weighted by Gasteiger charge is -2.67. The molecule has 3 saturated heterocycles. The van der Waals surface area contributed by atoms with Crippen molar-refractivity contribution in [2.24, 2.45) is 28.6 Å². The Bertz CT molecular complexity index is 2490. The van der Waals surface area contributed by atoms with E-state index < -0.39 is 130 Å². The first-order valence-electron chi connectivity index (χ1n) is 25.0. The van der Waals surface area contributed by atoms with Crippen LogP contribution >= 0.6 is 11.8 Å². The number of ether oxygens (including phenoxy) is 6. The zero-order valence-corrected chi connectivity index (χ0v) is 43.2. The van der Waals surface area contributed by atoms with Gasteiger partial charge in [-0.15, -0.1) is 0 Å². The number of nitrogens with one attached hydrogen (secondary N) is 3. The fourth-order valence-electron chi connectivity index (χ4n) is 12.4. The number of ketones is 2. The molecule has 3 aliphatic heterocycles. The first-order valence-corrected chi connectivity index (χ1v) is 26.1. The Morgan fingerprint density at radius 1 is 0.945 bits per heavy atom. The molecule has 0 aromatic heterocycles. The van der Waals surface area contributed by atoms with E-state index in [1.807, 2.05) is 0 Å². The Hall–Kier alpha value is -5.57. The van der Waals surface area contributed by atoms with Gasteiger partial charge < -0.3 is 54.6 Å². The van der Waals surface area contributed by atoms with Gasteiger partial charge in [0.1, 0.15) is 35.6 Å². The van der Waals surface area contributed by atoms with Crippen molar-refractivity contribution in [1.82, 2.24) is 16.0 Å². The predicted molar refractivity (Wildman–Crippen MR) is 260 cm³/mol. The summed E-state index contributed by atoms with van der Waals surface area (Å²) in [6, 6.07) is 14.4. The van der Waals surface area contributed by atoms with Crippen LogP contribution in [-0.4, -0.2) is 135 Å². The third-order valence-corrected chi connectivity index (χ3v) is 17.7. The Morgan fingerprint density at radius 2 is 1.62 bits per heavy atom. The molecule has 6 aliphatic rings. The van der Waals surface area contributed by atoms with Gasteiger partial charge in [0.2, 0.25) is 17.7 Å². The van der Waals surface area contributed by atoms with Crippen LogP contribution in [0.4, 0.5) is 9.59 Å². The first-order chi connectivity index (χ1) is 34.3. The number of benzene rings is 2. The van der Waals surface area contributed by atoms with Crippen molar-refractivity contribution in [1.29, 1.82) is 0 Å². The number of aliphatic hydroxyl groups excluding tert-OH is 1. The van der Waals surface area contributed by atoms with Crippen molar-refractivity contribution in [2.45, 2.75) is 165 Å². The zero-order valence-electron chi connectivity index (χ0n) is 42.4. The molecule has 396 valence electrons. The number of unbranched alkanes of at least 4 members (excludes halogenated alkanes) is 1. The Morgan fingerprint density at radius 3 is 2.25 bits per heavy atom. The van der Waals surface area contributed by atoms with Gasteiger partial charge in [-0.2, -0.15) is 11.8 Å². The maximum Gasteiger partial charge on any atom is 0.408 e. The van der Waals surface area contributed by atoms with Crippen molar-refractivity contribution in [3.05, 3.63) is 71.8 Å². The Balaban J connectivity index is 1.16. The lowest BCUT2D eigenvalue weighted by atomic mass is 9.42. The van der Waals surface area contributed by atoms with Crippen molar-refractivity contribution in [3.63, 3.8) is 0 Å². The molecule has 3 saturated carbocycles. The molecule has 8 rings (SSSR count). The van der Waals surface area contributed by atoms with Crippen LogP contribution in [0, 0.1) is 28.6 Å². The average molecular weight is 1030 g/mol. The van der Waals surface area contributed by atoms with E-state index in [9.17, 15) is 34.2 Å². The number of hydrogen-bond donors (Lipinski definition) is 5. The van der Waals surface area contributed by atoms with Gasteiger partial charge in [0, 0.05) is 54.4 Å². The molecular weight excluding hydrogens is 967 g/mol. The van der Waals surface area contributed by atoms with E-state index in [1.54, 1.807) is 102 Å². The van der Waals surface area contributed by atoms with Crippen LogP contribution < -0.4 is 16.0 Å². The molecule has 2 aromatic carbocycles. The molecule has 0 radical (unpaired) electrons. The summed E-state index contributed by atoms with van der Waals surface area (Å²) in [6.07, 6.45) is -8.18. The largest absolute Gasteiger partial charge is 0.459 e. The van der Waals surface area contributed by atoms with Gasteiger partial charge in [0.25, 0.3) is 0 Å². The summed E-state index contributed by atoms with van der Waals surface area (Å²) in [4.78, 5) is 113. The van der Waals surface area contributed by atoms with Crippen LogP contribution in [0.15, 0.2) is 60.7 Å². The van der Waals surface area contributed by atoms with Crippen molar-refractivity contribution in [3.8, 4) is 0 Å². The van der Waals surface area contributed by atoms with Crippen LogP contribution in [0.2, 0.25) is 0 Å². The summed E-state index contributed by atoms with van der Waals surface area (Å²) >= 11 is 1.73. The standard InChI is InChI=1S/C53H67N3O16S/c1-27-32(68-46(63)41(38(29-17-11-9-12-18-29)56-48(65)72-49(3,4)5)69-36(59)22-16-15-21-33-39-31(25-73-33)54-47(64)55-39)24-53(66)44(70-45(62)30-19-13-10-14-20-30)42-51(8,43(61)40(60)37(27)50(53,6)7)34(58)23-35-52(42,26-67-35)71-28(2)57/h9-14,17-20,27,31-35,37-39,41-42,44,58,66H,15-16,21-26H2,1-8H3,(H,56,65)(H2,54,55,64). The number of Topliss-reactive ketones (excluding diaryl/α,β-unsaturated/α-hetero) is 2. The minimum absolute atomic E-state index is 0.0231. The highest BCUT2D eigenvalue weighted by Crippen LogP contribution is 2.64. The number of hydrogen-bond acceptors (Lipinski definition) is 17. The number of fused-ring (bicyclic) bond motifs is 6. The lowest BCUT2D eigenvalue weighted by Crippen LogP contribution is -2.82. The smallest absolute Gasteiger partial charge is 0.408 e. The number of rotatable bonds is 14. The summed E-state index contributed by atoms with van der Waals surface area (Å²) in [5, 5.41) is 34.5. The molecule has 15 unspecified atom stereocenters. The third kappa shape index (κ3) is 9.96. The number of amides is 3. The molecule has 2 aromatic rings. The Labute approximate surface area is 428 Å². The van der Waals surface area contributed by atoms with E-state index in [-0.39, 0.29) is 48.4 Å². The minimum Gasteiger partial charge on any atom is -0.459 e. The molecule has 2 bridgehead atoms. The van der Waals surface area contributed by atoms with E-state index in [0.29, 0.717) is 24.8 Å². The lowest BCUT2D eigenvalue weighted by molar-refractivity contribution is -0.350. The summed E-state index contributed by atoms with van der Waals surface area (Å²) in [7, 11) is 0. The van der Waals surface area contributed by atoms with Crippen LogP contribution in [0.3, 0.4) is 0 Å². The molecule has 3 aliphatic carbocycles. The molecule has 3 heterocycles. The monoisotopic (exact) mass is 1030 g/mol. The summed E-state index contributed by atoms with van der Waals surface area (Å²) in [6.45, 7) is 11.8. The molecule has 20 heteroatoms. The zero-order chi connectivity index (χ0) is 53.0. The highest BCUT2D eigenvalue weighted by Gasteiger charge is 2.79. The molecule has 0 spiro atoms. The van der Waals surface area contributed by atoms with Gasteiger partial charge in [0.05, 0.1) is 41.7 Å². The predicted octanol–water partition coefficient (Wildman–Crippen LogP) is 4.68. The minimum atomic E-state index is -2.43. The van der Waals surface area contributed by atoms with Crippen molar-refractivity contribution >= 4 is 59.3 Å². The SMILES string of the molecule is CC(=O)OC12COC1CC(O)C1(C)C(=O)C(=O)C3C(C)C(OC(=O)C(OC(=O)CCCCC4SCC5NC(=O)NC54)C(NC(=O)OC(C)(C)C)c4ccccc4)CC(O)(C(OC(=O)c4ccccc4)C21)C3(C)C. The quantitative estimate of drug-likeness (QED) is 0.0565. The first kappa shape index (κ1) is 53.7. The van der Waals surface area contributed by atoms with Gasteiger partial charge in [-0.1, -0.05) is 75.7 Å². The highest BCUT2D eigenvalue weighted by atomic mass is 32.2. The summed E-state index contributed by atoms with van der Waals surface area (Å²) in [5.41, 5.74) is -8.66. The van der Waals surface area contributed by atoms with E-state index in [0.717, 1.165) is 12.7 Å². The van der Waals surface area contributed by atoms with Gasteiger partial charge in [-0.05, 0) is 58.2 Å². The number of alkyl carbamates (subject to hydrolysis) is 1. The molecular formula is C53H67N3O16S. The third-order valence-electron chi connectivity index (χ3n) is 16.2. The molecule has 15 atom stereocenters. The van der Waals surface area contributed by atoms with Gasteiger partial charge in [-0.25, -0.2) is 19.2 Å². The fraction of sp³-hybridized carbons (Fsp3) is 0.623. The maximum atomic E-state index is 15.2. The normalized spacial score (nSPS) is 34.8. The number of carbonyl (C=O) groups excluding carboxylic acids is 8. The Kier molecular flexibility index (Phi) is 14.9. The topological polar surface area (TPSA) is 268 Å². The second kappa shape index (κ2) is 20.3. The highest BCUT2D eigenvalue weighted by molar-refractivity contribution is 8.00. The number of esters is 4. The number of aliphatic hydroxyl groups is 2. The van der Waals surface area contributed by atoms with Crippen LogP contribution in [0.1, 0.15) is 116 Å². The molecule has 19 nitrogen and oxygen atoms in total. The van der Waals surface area contributed by atoms with E-state index in [4.69, 9.17) is 28.4 Å². The summed E-state index contributed by atoms with van der Waals surface area (Å²) < 4.78 is 36.4. The fourth-order valence-corrected chi connectivity index (χ4v) is 14.0. The van der Waals surface area contributed by atoms with Gasteiger partial charge in [0.15, 0.2) is 5.60 Å². The van der Waals surface area contributed by atoms with Crippen LogP contribution in [0.25, 0.3) is 0 Å². The van der Waals surface area contributed by atoms with Crippen LogP contribution in [0.5, 0.6) is 0 Å². The molecule has 73 heavy (non-hydrogen) atoms. The number of carbonyl (C=O) groups is 8. The molecule has 3 amide bonds. The number of thioether (sulfide) groups is 1. The molecule has 6 fully saturated rings.